The first-order valence-corrected chi connectivity index (χ1v) is 14.0. The molecule has 3 aromatic heterocycles. The van der Waals surface area contributed by atoms with E-state index in [0.717, 1.165) is 22.4 Å². The SMILES string of the molecule is O=[N+]([O-])c1ccc2c3nc4nc(nc5[nH]c(nc6nc(nc([nH]3)c2c1[N+](=O)[O-])-c1ccccc1-6)c1ccccc51)-c1ccccc1-4.[Rh+3]. The van der Waals surface area contributed by atoms with E-state index in [1.807, 2.05) is 72.8 Å². The van der Waals surface area contributed by atoms with Crippen molar-refractivity contribution in [2.24, 2.45) is 0 Å². The van der Waals surface area contributed by atoms with Crippen molar-refractivity contribution in [3.8, 4) is 45.6 Å². The Kier molecular flexibility index (Phi) is 6.20. The van der Waals surface area contributed by atoms with Crippen LogP contribution >= 0.6 is 0 Å². The number of nitrogens with zero attached hydrogens (tertiary/aromatic N) is 8. The first-order chi connectivity index (χ1) is 22.4. The first-order valence-electron chi connectivity index (χ1n) is 14.0. The van der Waals surface area contributed by atoms with Gasteiger partial charge in [0.05, 0.1) is 9.85 Å². The van der Waals surface area contributed by atoms with Gasteiger partial charge in [-0.25, -0.2) is 29.9 Å². The van der Waals surface area contributed by atoms with Crippen LogP contribution in [0.15, 0.2) is 84.9 Å². The second-order valence-electron chi connectivity index (χ2n) is 10.6. The molecule has 47 heavy (non-hydrogen) atoms. The minimum absolute atomic E-state index is 0. The molecular formula is C32H16N10O4Rh+3. The molecule has 2 aliphatic rings. The number of hydrogen-bond donors (Lipinski definition) is 2. The molecular weight excluding hydrogens is 691 g/mol. The zero-order valence-corrected chi connectivity index (χ0v) is 25.3. The van der Waals surface area contributed by atoms with Crippen molar-refractivity contribution >= 4 is 55.5 Å². The molecule has 4 aromatic carbocycles. The van der Waals surface area contributed by atoms with Crippen molar-refractivity contribution in [3.05, 3.63) is 105 Å². The van der Waals surface area contributed by atoms with E-state index in [9.17, 15) is 20.2 Å². The minimum Gasteiger partial charge on any atom is -0.324 e. The van der Waals surface area contributed by atoms with Crippen LogP contribution in [-0.4, -0.2) is 49.7 Å². The number of fused-ring (bicyclic) bond motifs is 20. The Hall–Kier alpha value is -6.34. The van der Waals surface area contributed by atoms with Crippen LogP contribution in [0.2, 0.25) is 0 Å². The van der Waals surface area contributed by atoms with Crippen LogP contribution in [0.1, 0.15) is 0 Å². The van der Waals surface area contributed by atoms with E-state index < -0.39 is 21.2 Å². The van der Waals surface area contributed by atoms with Gasteiger partial charge in [-0.15, -0.1) is 0 Å². The summed E-state index contributed by atoms with van der Waals surface area (Å²) in [7, 11) is 0. The van der Waals surface area contributed by atoms with Crippen LogP contribution in [0.25, 0.3) is 89.7 Å². The molecule has 0 radical (unpaired) electrons. The largest absolute Gasteiger partial charge is 3.00 e. The number of rotatable bonds is 2. The molecule has 5 heterocycles. The van der Waals surface area contributed by atoms with Crippen molar-refractivity contribution in [1.29, 1.82) is 0 Å². The van der Waals surface area contributed by atoms with E-state index in [-0.39, 0.29) is 47.4 Å². The third-order valence-corrected chi connectivity index (χ3v) is 8.05. The molecule has 15 heteroatoms. The van der Waals surface area contributed by atoms with Crippen LogP contribution in [0.5, 0.6) is 0 Å². The Labute approximate surface area is 274 Å². The van der Waals surface area contributed by atoms with Gasteiger partial charge in [-0.05, 0) is 6.07 Å². The van der Waals surface area contributed by atoms with Crippen LogP contribution in [0, 0.1) is 20.2 Å². The molecule has 2 aliphatic heterocycles. The topological polar surface area (TPSA) is 195 Å². The Balaban J connectivity index is 0.00000324. The monoisotopic (exact) mass is 707 g/mol. The maximum absolute atomic E-state index is 12.4. The summed E-state index contributed by atoms with van der Waals surface area (Å²) < 4.78 is 0. The predicted octanol–water partition coefficient (Wildman–Crippen LogP) is 6.68. The molecule has 0 atom stereocenters. The molecule has 8 bridgehead atoms. The van der Waals surface area contributed by atoms with Gasteiger partial charge in [0, 0.05) is 44.5 Å². The average molecular weight is 707 g/mol. The molecule has 0 amide bonds. The summed E-state index contributed by atoms with van der Waals surface area (Å²) in [6.45, 7) is 0. The predicted molar refractivity (Wildman–Crippen MR) is 169 cm³/mol. The fraction of sp³-hybridized carbons (Fsp3) is 0. The molecule has 0 aliphatic carbocycles. The van der Waals surface area contributed by atoms with Crippen LogP contribution in [0.3, 0.4) is 0 Å². The number of nitro groups is 2. The summed E-state index contributed by atoms with van der Waals surface area (Å²) in [5.74, 6) is 1.29. The molecule has 0 fully saturated rings. The van der Waals surface area contributed by atoms with Crippen molar-refractivity contribution < 1.29 is 29.3 Å². The number of H-pyrrole nitrogens is 2. The van der Waals surface area contributed by atoms with Gasteiger partial charge in [0.15, 0.2) is 23.3 Å². The number of nitro benzene ring substituents is 2. The second-order valence-corrected chi connectivity index (χ2v) is 10.6. The van der Waals surface area contributed by atoms with Crippen molar-refractivity contribution in [3.63, 3.8) is 0 Å². The van der Waals surface area contributed by atoms with Crippen LogP contribution < -0.4 is 0 Å². The Morgan fingerprint density at radius 1 is 0.468 bits per heavy atom. The number of aromatic nitrogens is 8. The maximum atomic E-state index is 12.4. The van der Waals surface area contributed by atoms with Gasteiger partial charge in [-0.3, -0.25) is 20.2 Å². The van der Waals surface area contributed by atoms with Gasteiger partial charge in [0.2, 0.25) is 0 Å². The van der Waals surface area contributed by atoms with Crippen molar-refractivity contribution in [1.82, 2.24) is 39.9 Å². The molecule has 2 N–H and O–H groups in total. The quantitative estimate of drug-likeness (QED) is 0.111. The third-order valence-electron chi connectivity index (χ3n) is 8.05. The molecule has 0 saturated heterocycles. The number of aromatic amines is 2. The minimum atomic E-state index is -0.789. The van der Waals surface area contributed by atoms with E-state index in [4.69, 9.17) is 29.9 Å². The van der Waals surface area contributed by atoms with Gasteiger partial charge in [-0.2, -0.15) is 0 Å². The summed E-state index contributed by atoms with van der Waals surface area (Å²) in [4.78, 5) is 58.0. The van der Waals surface area contributed by atoms with E-state index in [2.05, 4.69) is 9.97 Å². The molecule has 0 saturated carbocycles. The summed E-state index contributed by atoms with van der Waals surface area (Å²) in [5.41, 5.74) is 2.61. The fourth-order valence-corrected chi connectivity index (χ4v) is 6.03. The number of nitrogens with one attached hydrogen (secondary N) is 2. The van der Waals surface area contributed by atoms with Gasteiger partial charge in [0.1, 0.15) is 28.0 Å². The number of benzene rings is 4. The summed E-state index contributed by atoms with van der Waals surface area (Å²) in [6.07, 6.45) is 0. The van der Waals surface area contributed by atoms with Crippen molar-refractivity contribution in [2.45, 2.75) is 0 Å². The summed E-state index contributed by atoms with van der Waals surface area (Å²) in [5, 5.41) is 26.1. The Morgan fingerprint density at radius 2 is 0.872 bits per heavy atom. The fourth-order valence-electron chi connectivity index (χ4n) is 6.03. The van der Waals surface area contributed by atoms with E-state index in [1.54, 1.807) is 0 Å². The second kappa shape index (κ2) is 10.4. The average Bonchev–Trinajstić information content (AvgIpc) is 3.80. The Bertz CT molecular complexity index is 2680. The summed E-state index contributed by atoms with van der Waals surface area (Å²) in [6, 6.07) is 25.0. The van der Waals surface area contributed by atoms with Gasteiger partial charge in [-0.1, -0.05) is 72.8 Å². The zero-order chi connectivity index (χ0) is 31.1. The first kappa shape index (κ1) is 28.2. The van der Waals surface area contributed by atoms with Gasteiger partial charge >= 0.3 is 30.9 Å². The molecule has 224 valence electrons. The summed E-state index contributed by atoms with van der Waals surface area (Å²) >= 11 is 0. The van der Waals surface area contributed by atoms with Gasteiger partial charge in [0.25, 0.3) is 0 Å². The third kappa shape index (κ3) is 4.21. The maximum Gasteiger partial charge on any atom is 3.00 e. The smallest absolute Gasteiger partial charge is 0.324 e. The molecule has 7 aromatic rings. The van der Waals surface area contributed by atoms with E-state index in [0.29, 0.717) is 45.5 Å². The van der Waals surface area contributed by atoms with Crippen molar-refractivity contribution in [2.75, 3.05) is 0 Å². The Morgan fingerprint density at radius 3 is 1.32 bits per heavy atom. The normalized spacial score (nSPS) is 11.6. The molecule has 0 unspecified atom stereocenters. The van der Waals surface area contributed by atoms with Crippen LogP contribution in [0.4, 0.5) is 11.4 Å². The zero-order valence-electron chi connectivity index (χ0n) is 23.6. The van der Waals surface area contributed by atoms with E-state index >= 15 is 0 Å². The van der Waals surface area contributed by atoms with Crippen LogP contribution in [-0.2, 0) is 19.5 Å². The molecule has 9 rings (SSSR count). The van der Waals surface area contributed by atoms with E-state index in [1.165, 1.54) is 6.07 Å². The molecule has 14 nitrogen and oxygen atoms in total. The van der Waals surface area contributed by atoms with Gasteiger partial charge < -0.3 is 9.97 Å². The number of hydrogen-bond acceptors (Lipinski definition) is 10. The molecule has 0 spiro atoms. The standard InChI is InChI=1S/C32H16N10O4.Rh/c43-41(44)22-14-13-21-23(24(22)42(45)46)32-39-30-20-12-6-5-11-19(20)28(37-30)35-26-16-8-2-1-7-15(16)25(33-26)34-27-17-9-3-4-10-18(17)29(36-27)38-31(21)40-32;/h1-14H,(H2,33,34,35,36,37,38,39,40);/q;+3.